The van der Waals surface area contributed by atoms with E-state index in [9.17, 15) is 14.4 Å². The second-order valence-electron chi connectivity index (χ2n) is 5.28. The van der Waals surface area contributed by atoms with Crippen molar-refractivity contribution in [1.29, 1.82) is 5.26 Å². The minimum atomic E-state index is -0.478. The molecule has 1 amide bonds. The number of amides is 1. The molecule has 2 heterocycles. The summed E-state index contributed by atoms with van der Waals surface area (Å²) in [5.41, 5.74) is 1.33. The van der Waals surface area contributed by atoms with E-state index in [2.05, 4.69) is 5.32 Å². The third-order valence-electron chi connectivity index (χ3n) is 3.59. The molecular weight excluding hydrogens is 309 g/mol. The van der Waals surface area contributed by atoms with E-state index in [1.807, 2.05) is 13.0 Å². The van der Waals surface area contributed by atoms with E-state index in [-0.39, 0.29) is 23.5 Å². The van der Waals surface area contributed by atoms with Gasteiger partial charge in [0.2, 0.25) is 0 Å². The fourth-order valence-corrected chi connectivity index (χ4v) is 2.43. The SMILES string of the molecule is Cc1ccc(F)c(-n2ccc(C#N)c2C(=O)NCc2ccco2)c1. The minimum absolute atomic E-state index is 0.0913. The molecule has 1 aromatic carbocycles. The van der Waals surface area contributed by atoms with Gasteiger partial charge >= 0.3 is 0 Å². The summed E-state index contributed by atoms with van der Waals surface area (Å²) in [5.74, 6) is -0.365. The standard InChI is InChI=1S/C18H14FN3O2/c1-12-4-5-15(19)16(9-12)22-7-6-13(10-20)17(22)18(23)21-11-14-3-2-8-24-14/h2-9H,11H2,1H3,(H,21,23). The summed E-state index contributed by atoms with van der Waals surface area (Å²) in [6.07, 6.45) is 3.02. The summed E-state index contributed by atoms with van der Waals surface area (Å²) >= 11 is 0. The summed E-state index contributed by atoms with van der Waals surface area (Å²) in [4.78, 5) is 12.5. The van der Waals surface area contributed by atoms with Gasteiger partial charge in [-0.15, -0.1) is 0 Å². The molecule has 0 saturated carbocycles. The van der Waals surface area contributed by atoms with Crippen LogP contribution in [0.2, 0.25) is 0 Å². The lowest BCUT2D eigenvalue weighted by molar-refractivity contribution is 0.0941. The van der Waals surface area contributed by atoms with Crippen molar-refractivity contribution >= 4 is 5.91 Å². The summed E-state index contributed by atoms with van der Waals surface area (Å²) in [6, 6.07) is 11.5. The highest BCUT2D eigenvalue weighted by Crippen LogP contribution is 2.21. The number of nitrogens with zero attached hydrogens (tertiary/aromatic N) is 2. The molecule has 0 aliphatic heterocycles. The minimum Gasteiger partial charge on any atom is -0.467 e. The van der Waals surface area contributed by atoms with Crippen molar-refractivity contribution in [3.8, 4) is 11.8 Å². The van der Waals surface area contributed by atoms with Gasteiger partial charge in [0, 0.05) is 6.20 Å². The third kappa shape index (κ3) is 2.92. The molecule has 5 nitrogen and oxygen atoms in total. The molecule has 0 unspecified atom stereocenters. The van der Waals surface area contributed by atoms with Crippen LogP contribution in [0.3, 0.4) is 0 Å². The van der Waals surface area contributed by atoms with Crippen LogP contribution < -0.4 is 5.32 Å². The van der Waals surface area contributed by atoms with E-state index < -0.39 is 11.7 Å². The summed E-state index contributed by atoms with van der Waals surface area (Å²) in [5, 5.41) is 11.9. The maximum absolute atomic E-state index is 14.2. The highest BCUT2D eigenvalue weighted by molar-refractivity contribution is 5.95. The lowest BCUT2D eigenvalue weighted by atomic mass is 10.2. The molecule has 120 valence electrons. The lowest BCUT2D eigenvalue weighted by Crippen LogP contribution is -2.26. The van der Waals surface area contributed by atoms with Crippen molar-refractivity contribution in [2.75, 3.05) is 0 Å². The van der Waals surface area contributed by atoms with Crippen LogP contribution in [0, 0.1) is 24.1 Å². The number of carbonyl (C=O) groups is 1. The van der Waals surface area contributed by atoms with Crippen molar-refractivity contribution < 1.29 is 13.6 Å². The molecule has 6 heteroatoms. The number of nitriles is 1. The number of benzene rings is 1. The van der Waals surface area contributed by atoms with E-state index in [0.29, 0.717) is 5.76 Å². The largest absolute Gasteiger partial charge is 0.467 e. The van der Waals surface area contributed by atoms with Crippen molar-refractivity contribution in [1.82, 2.24) is 9.88 Å². The maximum atomic E-state index is 14.2. The van der Waals surface area contributed by atoms with Crippen molar-refractivity contribution in [2.45, 2.75) is 13.5 Å². The zero-order chi connectivity index (χ0) is 17.1. The number of carbonyl (C=O) groups excluding carboxylic acids is 1. The van der Waals surface area contributed by atoms with Gasteiger partial charge in [0.05, 0.1) is 24.1 Å². The summed E-state index contributed by atoms with van der Waals surface area (Å²) in [7, 11) is 0. The Labute approximate surface area is 137 Å². The van der Waals surface area contributed by atoms with E-state index >= 15 is 0 Å². The number of hydrogen-bond donors (Lipinski definition) is 1. The van der Waals surface area contributed by atoms with Crippen LogP contribution in [0.1, 0.15) is 27.4 Å². The first kappa shape index (κ1) is 15.6. The molecule has 3 rings (SSSR count). The Bertz CT molecular complexity index is 920. The van der Waals surface area contributed by atoms with E-state index in [4.69, 9.17) is 4.42 Å². The smallest absolute Gasteiger partial charge is 0.270 e. The average molecular weight is 323 g/mol. The first-order chi connectivity index (χ1) is 11.6. The van der Waals surface area contributed by atoms with E-state index in [0.717, 1.165) is 5.56 Å². The molecule has 0 saturated heterocycles. The molecule has 3 aromatic rings. The highest BCUT2D eigenvalue weighted by Gasteiger charge is 2.20. The van der Waals surface area contributed by atoms with Gasteiger partial charge in [-0.3, -0.25) is 4.79 Å². The van der Waals surface area contributed by atoms with Crippen LogP contribution in [0.25, 0.3) is 5.69 Å². The summed E-state index contributed by atoms with van der Waals surface area (Å²) < 4.78 is 20.7. The zero-order valence-corrected chi connectivity index (χ0v) is 12.9. The van der Waals surface area contributed by atoms with Crippen molar-refractivity contribution in [2.24, 2.45) is 0 Å². The molecule has 0 bridgehead atoms. The Morgan fingerprint density at radius 1 is 1.38 bits per heavy atom. The third-order valence-corrected chi connectivity index (χ3v) is 3.59. The summed E-state index contributed by atoms with van der Waals surface area (Å²) in [6.45, 7) is 2.01. The molecular formula is C18H14FN3O2. The predicted octanol–water partition coefficient (Wildman–Crippen LogP) is 3.32. The molecule has 24 heavy (non-hydrogen) atoms. The predicted molar refractivity (Wildman–Crippen MR) is 85.1 cm³/mol. The van der Waals surface area contributed by atoms with Crippen LogP contribution in [-0.2, 0) is 6.54 Å². The lowest BCUT2D eigenvalue weighted by Gasteiger charge is -2.11. The van der Waals surface area contributed by atoms with Gasteiger partial charge < -0.3 is 14.3 Å². The number of hydrogen-bond acceptors (Lipinski definition) is 3. The Morgan fingerprint density at radius 2 is 2.21 bits per heavy atom. The Balaban J connectivity index is 1.97. The average Bonchev–Trinajstić information content (AvgIpc) is 3.23. The Kier molecular flexibility index (Phi) is 4.17. The first-order valence-corrected chi connectivity index (χ1v) is 7.28. The zero-order valence-electron chi connectivity index (χ0n) is 12.9. The number of aromatic nitrogens is 1. The normalized spacial score (nSPS) is 10.4. The molecule has 0 aliphatic rings. The quantitative estimate of drug-likeness (QED) is 0.800. The maximum Gasteiger partial charge on any atom is 0.270 e. The number of furan rings is 1. The topological polar surface area (TPSA) is 71.0 Å². The van der Waals surface area contributed by atoms with Gasteiger partial charge in [-0.1, -0.05) is 6.07 Å². The molecule has 0 aliphatic carbocycles. The van der Waals surface area contributed by atoms with Gasteiger partial charge in [-0.25, -0.2) is 4.39 Å². The molecule has 0 radical (unpaired) electrons. The monoisotopic (exact) mass is 323 g/mol. The second-order valence-corrected chi connectivity index (χ2v) is 5.28. The number of aryl methyl sites for hydroxylation is 1. The first-order valence-electron chi connectivity index (χ1n) is 7.28. The number of halogens is 1. The van der Waals surface area contributed by atoms with Crippen LogP contribution in [-0.4, -0.2) is 10.5 Å². The van der Waals surface area contributed by atoms with Gasteiger partial charge in [0.15, 0.2) is 0 Å². The van der Waals surface area contributed by atoms with Crippen LogP contribution in [0.15, 0.2) is 53.3 Å². The van der Waals surface area contributed by atoms with Crippen LogP contribution >= 0.6 is 0 Å². The fourth-order valence-electron chi connectivity index (χ4n) is 2.43. The van der Waals surface area contributed by atoms with Crippen LogP contribution in [0.4, 0.5) is 4.39 Å². The van der Waals surface area contributed by atoms with Crippen molar-refractivity contribution in [3.05, 3.63) is 77.3 Å². The molecule has 0 atom stereocenters. The van der Waals surface area contributed by atoms with Gasteiger partial charge in [-0.05, 0) is 42.8 Å². The van der Waals surface area contributed by atoms with E-state index in [1.165, 1.54) is 29.2 Å². The van der Waals surface area contributed by atoms with Gasteiger partial charge in [0.25, 0.3) is 5.91 Å². The Morgan fingerprint density at radius 3 is 2.92 bits per heavy atom. The Hall–Kier alpha value is -3.33. The van der Waals surface area contributed by atoms with Crippen LogP contribution in [0.5, 0.6) is 0 Å². The molecule has 2 aromatic heterocycles. The van der Waals surface area contributed by atoms with Gasteiger partial charge in [0.1, 0.15) is 23.3 Å². The van der Waals surface area contributed by atoms with Crippen molar-refractivity contribution in [3.63, 3.8) is 0 Å². The fraction of sp³-hybridized carbons (Fsp3) is 0.111. The molecule has 1 N–H and O–H groups in total. The second kappa shape index (κ2) is 6.42. The number of rotatable bonds is 4. The highest BCUT2D eigenvalue weighted by atomic mass is 19.1. The molecule has 0 fully saturated rings. The van der Waals surface area contributed by atoms with E-state index in [1.54, 1.807) is 24.3 Å². The number of nitrogens with one attached hydrogen (secondary N) is 1. The van der Waals surface area contributed by atoms with Gasteiger partial charge in [-0.2, -0.15) is 5.26 Å². The molecule has 0 spiro atoms.